The smallest absolute Gasteiger partial charge is 0.241 e. The quantitative estimate of drug-likeness (QED) is 0.539. The van der Waals surface area contributed by atoms with Gasteiger partial charge in [-0.25, -0.2) is 0 Å². The second kappa shape index (κ2) is 3.47. The van der Waals surface area contributed by atoms with Crippen LogP contribution in [-0.4, -0.2) is 5.91 Å². The lowest BCUT2D eigenvalue weighted by Gasteiger charge is -2.00. The second-order valence-electron chi connectivity index (χ2n) is 1.91. The lowest BCUT2D eigenvalue weighted by Crippen LogP contribution is -2.10. The summed E-state index contributed by atoms with van der Waals surface area (Å²) in [6.07, 6.45) is 2.62. The fourth-order valence-corrected chi connectivity index (χ4v) is 0.461. The van der Waals surface area contributed by atoms with Crippen LogP contribution in [0.4, 0.5) is 0 Å². The molecule has 1 unspecified atom stereocenters. The molecule has 0 aliphatic rings. The fourth-order valence-electron chi connectivity index (χ4n) is 0.461. The standard InChI is InChI=1S/C6H11NO/c1-3-4-5(2)6(7)8/h3,5,7H,4H2,1-2H3. The van der Waals surface area contributed by atoms with Crippen molar-refractivity contribution in [2.45, 2.75) is 20.3 Å². The van der Waals surface area contributed by atoms with Crippen LogP contribution in [0.5, 0.6) is 0 Å². The summed E-state index contributed by atoms with van der Waals surface area (Å²) in [7, 11) is 0. The lowest BCUT2D eigenvalue weighted by molar-refractivity contribution is -0.121. The van der Waals surface area contributed by atoms with Crippen molar-refractivity contribution < 1.29 is 4.79 Å². The molecule has 8 heavy (non-hydrogen) atoms. The molecule has 0 saturated carbocycles. The van der Waals surface area contributed by atoms with Gasteiger partial charge in [-0.05, 0) is 12.8 Å². The van der Waals surface area contributed by atoms with Crippen LogP contribution in [0, 0.1) is 12.3 Å². The molecule has 1 N–H and O–H groups in total. The van der Waals surface area contributed by atoms with Gasteiger partial charge in [0.05, 0.1) is 0 Å². The Labute approximate surface area is 50.1 Å². The van der Waals surface area contributed by atoms with Gasteiger partial charge in [-0.3, -0.25) is 10.5 Å². The van der Waals surface area contributed by atoms with Crippen LogP contribution >= 0.6 is 0 Å². The van der Waals surface area contributed by atoms with Gasteiger partial charge in [0.1, 0.15) is 0 Å². The molecule has 1 atom stereocenters. The normalized spacial score (nSPS) is 13.2. The third-order valence-electron chi connectivity index (χ3n) is 1.04. The average Bonchev–Trinajstić information content (AvgIpc) is 1.67. The predicted molar refractivity (Wildman–Crippen MR) is 31.9 cm³/mol. The van der Waals surface area contributed by atoms with Gasteiger partial charge in [-0.2, -0.15) is 0 Å². The van der Waals surface area contributed by atoms with Crippen LogP contribution in [0.3, 0.4) is 0 Å². The molecule has 0 saturated heterocycles. The Hall–Kier alpha value is -0.530. The van der Waals surface area contributed by atoms with E-state index in [0.29, 0.717) is 0 Å². The first-order chi connectivity index (χ1) is 3.68. The highest BCUT2D eigenvalue weighted by Gasteiger charge is 2.05. The highest BCUT2D eigenvalue weighted by molar-refractivity contribution is 5.75. The van der Waals surface area contributed by atoms with E-state index in [4.69, 9.17) is 5.73 Å². The molecule has 0 aromatic carbocycles. The number of hydrogen-bond acceptors (Lipinski definition) is 1. The third-order valence-corrected chi connectivity index (χ3v) is 1.04. The Morgan fingerprint density at radius 3 is 2.50 bits per heavy atom. The maximum absolute atomic E-state index is 10.2. The van der Waals surface area contributed by atoms with Gasteiger partial charge in [0, 0.05) is 5.92 Å². The van der Waals surface area contributed by atoms with Gasteiger partial charge in [0.15, 0.2) is 0 Å². The van der Waals surface area contributed by atoms with E-state index in [0.717, 1.165) is 6.42 Å². The molecule has 0 aromatic heterocycles. The minimum atomic E-state index is -0.469. The highest BCUT2D eigenvalue weighted by Crippen LogP contribution is 2.01. The van der Waals surface area contributed by atoms with Crippen molar-refractivity contribution >= 4 is 5.91 Å². The van der Waals surface area contributed by atoms with Crippen LogP contribution in [0.25, 0.3) is 0 Å². The summed E-state index contributed by atoms with van der Waals surface area (Å²) in [6, 6.07) is 0. The number of hydrogen-bond donors (Lipinski definition) is 0. The molecular weight excluding hydrogens is 102 g/mol. The van der Waals surface area contributed by atoms with Crippen molar-refractivity contribution in [3.63, 3.8) is 0 Å². The van der Waals surface area contributed by atoms with E-state index in [1.807, 2.05) is 13.3 Å². The zero-order valence-electron chi connectivity index (χ0n) is 5.27. The monoisotopic (exact) mass is 113 g/mol. The molecule has 0 aliphatic heterocycles. The first kappa shape index (κ1) is 7.47. The van der Waals surface area contributed by atoms with Crippen molar-refractivity contribution in [1.29, 1.82) is 0 Å². The summed E-state index contributed by atoms with van der Waals surface area (Å²) in [5.74, 6) is -0.580. The van der Waals surface area contributed by atoms with Gasteiger partial charge in [-0.1, -0.05) is 13.8 Å². The number of amides is 1. The fraction of sp³-hybridized carbons (Fsp3) is 0.667. The molecule has 2 heteroatoms. The highest BCUT2D eigenvalue weighted by atomic mass is 16.1. The first-order valence-electron chi connectivity index (χ1n) is 2.71. The maximum atomic E-state index is 10.2. The number of carbonyl (C=O) groups excluding carboxylic acids is 1. The van der Waals surface area contributed by atoms with E-state index in [1.165, 1.54) is 0 Å². The second-order valence-corrected chi connectivity index (χ2v) is 1.91. The first-order valence-corrected chi connectivity index (χ1v) is 2.71. The van der Waals surface area contributed by atoms with Gasteiger partial charge in [-0.15, -0.1) is 0 Å². The summed E-state index contributed by atoms with van der Waals surface area (Å²) in [6.45, 7) is 3.65. The zero-order chi connectivity index (χ0) is 6.57. The molecule has 2 nitrogen and oxygen atoms in total. The van der Waals surface area contributed by atoms with E-state index < -0.39 is 5.91 Å². The Morgan fingerprint density at radius 2 is 2.38 bits per heavy atom. The van der Waals surface area contributed by atoms with Gasteiger partial charge in [0.2, 0.25) is 5.91 Å². The zero-order valence-corrected chi connectivity index (χ0v) is 5.27. The predicted octanol–water partition coefficient (Wildman–Crippen LogP) is 1.05. The SMILES string of the molecule is C[CH]CC(C)C([NH])=O. The summed E-state index contributed by atoms with van der Waals surface area (Å²) in [5, 5.41) is 0. The topological polar surface area (TPSA) is 40.9 Å². The maximum Gasteiger partial charge on any atom is 0.241 e. The minimum Gasteiger partial charge on any atom is -0.273 e. The average molecular weight is 113 g/mol. The Kier molecular flexibility index (Phi) is 3.24. The van der Waals surface area contributed by atoms with Gasteiger partial charge in [0.25, 0.3) is 0 Å². The Bertz CT molecular complexity index is 80.6. The van der Waals surface area contributed by atoms with Crippen molar-refractivity contribution in [2.75, 3.05) is 0 Å². The van der Waals surface area contributed by atoms with Crippen LogP contribution < -0.4 is 5.73 Å². The van der Waals surface area contributed by atoms with E-state index in [1.54, 1.807) is 6.92 Å². The number of nitrogens with one attached hydrogen (secondary N) is 1. The number of rotatable bonds is 3. The van der Waals surface area contributed by atoms with Crippen molar-refractivity contribution in [3.8, 4) is 0 Å². The molecule has 0 heterocycles. The van der Waals surface area contributed by atoms with Gasteiger partial charge >= 0.3 is 0 Å². The summed E-state index contributed by atoms with van der Waals surface area (Å²) >= 11 is 0. The molecular formula is C6H11NO. The lowest BCUT2D eigenvalue weighted by atomic mass is 10.1. The molecule has 46 valence electrons. The molecule has 0 aliphatic carbocycles. The van der Waals surface area contributed by atoms with E-state index in [9.17, 15) is 4.79 Å². The molecule has 0 aromatic rings. The summed E-state index contributed by atoms with van der Waals surface area (Å²) in [4.78, 5) is 10.2. The van der Waals surface area contributed by atoms with E-state index in [2.05, 4.69) is 0 Å². The molecule has 0 spiro atoms. The summed E-state index contributed by atoms with van der Waals surface area (Å²) in [5.41, 5.74) is 6.63. The van der Waals surface area contributed by atoms with Crippen LogP contribution in [-0.2, 0) is 4.79 Å². The molecule has 2 radical (unpaired) electrons. The summed E-state index contributed by atoms with van der Waals surface area (Å²) < 4.78 is 0. The van der Waals surface area contributed by atoms with Crippen LogP contribution in [0.1, 0.15) is 20.3 Å². The van der Waals surface area contributed by atoms with Crippen molar-refractivity contribution in [1.82, 2.24) is 5.73 Å². The minimum absolute atomic E-state index is 0.111. The van der Waals surface area contributed by atoms with E-state index >= 15 is 0 Å². The van der Waals surface area contributed by atoms with Crippen LogP contribution in [0.2, 0.25) is 0 Å². The molecule has 0 fully saturated rings. The van der Waals surface area contributed by atoms with Crippen molar-refractivity contribution in [2.24, 2.45) is 5.92 Å². The largest absolute Gasteiger partial charge is 0.273 e. The van der Waals surface area contributed by atoms with Gasteiger partial charge < -0.3 is 0 Å². The number of carbonyl (C=O) groups is 1. The Morgan fingerprint density at radius 1 is 1.88 bits per heavy atom. The molecule has 1 amide bonds. The third kappa shape index (κ3) is 2.61. The Balaban J connectivity index is 3.32. The van der Waals surface area contributed by atoms with Crippen LogP contribution in [0.15, 0.2) is 0 Å². The molecule has 0 rings (SSSR count). The van der Waals surface area contributed by atoms with E-state index in [-0.39, 0.29) is 5.92 Å². The van der Waals surface area contributed by atoms with Crippen molar-refractivity contribution in [3.05, 3.63) is 6.42 Å². The molecule has 0 bridgehead atoms.